The molecule has 3 aromatic rings. The monoisotopic (exact) mass is 290 g/mol. The molecule has 0 saturated carbocycles. The maximum atomic E-state index is 11.9. The number of hydrogen-bond donors (Lipinski definition) is 0. The van der Waals surface area contributed by atoms with E-state index in [2.05, 4.69) is 10.2 Å². The zero-order valence-corrected chi connectivity index (χ0v) is 12.3. The van der Waals surface area contributed by atoms with Gasteiger partial charge < -0.3 is 4.74 Å². The second-order valence-electron chi connectivity index (χ2n) is 4.39. The average molecular weight is 290 g/mol. The van der Waals surface area contributed by atoms with Crippen LogP contribution in [-0.4, -0.2) is 32.0 Å². The molecule has 3 heterocycles. The van der Waals surface area contributed by atoms with Crippen molar-refractivity contribution in [2.75, 3.05) is 6.61 Å². The number of hydrogen-bond acceptors (Lipinski definition) is 5. The first-order chi connectivity index (χ1) is 9.61. The number of nitrogens with zero attached hydrogens (tertiary/aromatic N) is 4. The Hall–Kier alpha value is -2.15. The third kappa shape index (κ3) is 1.90. The van der Waals surface area contributed by atoms with E-state index in [0.717, 1.165) is 21.0 Å². The van der Waals surface area contributed by atoms with E-state index in [4.69, 9.17) is 4.74 Å². The number of thiazole rings is 1. The molecular weight excluding hydrogens is 276 g/mol. The Morgan fingerprint density at radius 3 is 2.85 bits per heavy atom. The lowest BCUT2D eigenvalue weighted by Gasteiger charge is -1.97. The Labute approximate surface area is 119 Å². The van der Waals surface area contributed by atoms with Crippen LogP contribution in [0.1, 0.15) is 23.0 Å². The van der Waals surface area contributed by atoms with E-state index < -0.39 is 0 Å². The molecular formula is C13H14N4O2S. The highest BCUT2D eigenvalue weighted by Crippen LogP contribution is 2.32. The van der Waals surface area contributed by atoms with Gasteiger partial charge in [0, 0.05) is 24.5 Å². The van der Waals surface area contributed by atoms with Gasteiger partial charge in [-0.3, -0.25) is 4.68 Å². The third-order valence-electron chi connectivity index (χ3n) is 3.19. The Morgan fingerprint density at radius 1 is 1.40 bits per heavy atom. The van der Waals surface area contributed by atoms with Crippen LogP contribution in [0.4, 0.5) is 0 Å². The lowest BCUT2D eigenvalue weighted by molar-refractivity contribution is 0.0529. The summed E-state index contributed by atoms with van der Waals surface area (Å²) in [6, 6.07) is 0. The topological polar surface area (TPSA) is 61.4 Å². The molecule has 0 aliphatic rings. The van der Waals surface area contributed by atoms with Crippen LogP contribution in [0, 0.1) is 6.92 Å². The molecule has 0 N–H and O–H groups in total. The minimum absolute atomic E-state index is 0.334. The van der Waals surface area contributed by atoms with Crippen molar-refractivity contribution in [2.45, 2.75) is 13.8 Å². The van der Waals surface area contributed by atoms with Crippen molar-refractivity contribution < 1.29 is 9.53 Å². The fourth-order valence-corrected chi connectivity index (χ4v) is 3.11. The summed E-state index contributed by atoms with van der Waals surface area (Å²) >= 11 is 1.51. The molecule has 0 atom stereocenters. The second-order valence-corrected chi connectivity index (χ2v) is 5.42. The SMILES string of the molecule is CCOC(=O)c1cnn2cc(-c3cnn(C)c3C)sc12. The molecule has 0 bridgehead atoms. The summed E-state index contributed by atoms with van der Waals surface area (Å²) in [5, 5.41) is 8.44. The largest absolute Gasteiger partial charge is 0.462 e. The molecule has 0 unspecified atom stereocenters. The van der Waals surface area contributed by atoms with Crippen molar-refractivity contribution in [2.24, 2.45) is 7.05 Å². The molecule has 0 amide bonds. The standard InChI is InChI=1S/C13H14N4O2S/c1-4-19-13(18)10-6-15-17-7-11(20-12(10)17)9-5-14-16(3)8(9)2/h5-7H,4H2,1-3H3. The van der Waals surface area contributed by atoms with Gasteiger partial charge in [0.05, 0.1) is 23.9 Å². The van der Waals surface area contributed by atoms with Crippen molar-refractivity contribution in [1.29, 1.82) is 0 Å². The summed E-state index contributed by atoms with van der Waals surface area (Å²) in [5.41, 5.74) is 2.63. The van der Waals surface area contributed by atoms with E-state index in [9.17, 15) is 4.79 Å². The van der Waals surface area contributed by atoms with Crippen LogP contribution >= 0.6 is 11.3 Å². The summed E-state index contributed by atoms with van der Waals surface area (Å²) in [6.07, 6.45) is 5.28. The number of aromatic nitrogens is 4. The minimum Gasteiger partial charge on any atom is -0.462 e. The van der Waals surface area contributed by atoms with Gasteiger partial charge in [0.1, 0.15) is 10.4 Å². The molecule has 0 saturated heterocycles. The number of carbonyl (C=O) groups is 1. The highest BCUT2D eigenvalue weighted by atomic mass is 32.1. The summed E-state index contributed by atoms with van der Waals surface area (Å²) in [6.45, 7) is 4.16. The van der Waals surface area contributed by atoms with E-state index in [1.165, 1.54) is 11.3 Å². The Bertz CT molecular complexity index is 784. The summed E-state index contributed by atoms with van der Waals surface area (Å²) < 4.78 is 8.57. The lowest BCUT2D eigenvalue weighted by atomic mass is 10.2. The molecule has 104 valence electrons. The van der Waals surface area contributed by atoms with Gasteiger partial charge in [0.15, 0.2) is 0 Å². The molecule has 0 aliphatic carbocycles. The van der Waals surface area contributed by atoms with Gasteiger partial charge in [-0.2, -0.15) is 10.2 Å². The van der Waals surface area contributed by atoms with E-state index in [1.54, 1.807) is 17.6 Å². The smallest absolute Gasteiger partial charge is 0.342 e. The first-order valence-electron chi connectivity index (χ1n) is 6.25. The third-order valence-corrected chi connectivity index (χ3v) is 4.34. The molecule has 3 rings (SSSR count). The van der Waals surface area contributed by atoms with Gasteiger partial charge in [-0.1, -0.05) is 0 Å². The first kappa shape index (κ1) is 12.9. The normalized spacial score (nSPS) is 11.2. The molecule has 0 spiro atoms. The quantitative estimate of drug-likeness (QED) is 0.694. The number of esters is 1. The fraction of sp³-hybridized carbons (Fsp3) is 0.308. The number of ether oxygens (including phenoxy) is 1. The summed E-state index contributed by atoms with van der Waals surface area (Å²) in [5.74, 6) is -0.334. The minimum atomic E-state index is -0.334. The molecule has 0 radical (unpaired) electrons. The fourth-order valence-electron chi connectivity index (χ4n) is 2.00. The van der Waals surface area contributed by atoms with Crippen LogP contribution in [0.5, 0.6) is 0 Å². The first-order valence-corrected chi connectivity index (χ1v) is 7.06. The molecule has 7 heteroatoms. The maximum Gasteiger partial charge on any atom is 0.342 e. The molecule has 0 aliphatic heterocycles. The zero-order chi connectivity index (χ0) is 14.3. The Kier molecular flexibility index (Phi) is 3.06. The van der Waals surface area contributed by atoms with Crippen molar-refractivity contribution in [3.8, 4) is 10.4 Å². The van der Waals surface area contributed by atoms with Crippen molar-refractivity contribution >= 4 is 22.1 Å². The number of aryl methyl sites for hydroxylation is 1. The van der Waals surface area contributed by atoms with Gasteiger partial charge in [0.25, 0.3) is 0 Å². The van der Waals surface area contributed by atoms with Gasteiger partial charge in [-0.05, 0) is 13.8 Å². The van der Waals surface area contributed by atoms with E-state index in [0.29, 0.717) is 12.2 Å². The van der Waals surface area contributed by atoms with Crippen molar-refractivity contribution in [3.05, 3.63) is 29.8 Å². The van der Waals surface area contributed by atoms with Crippen molar-refractivity contribution in [1.82, 2.24) is 19.4 Å². The van der Waals surface area contributed by atoms with Crippen LogP contribution < -0.4 is 0 Å². The van der Waals surface area contributed by atoms with Crippen LogP contribution in [0.15, 0.2) is 18.6 Å². The highest BCUT2D eigenvalue weighted by Gasteiger charge is 2.18. The Morgan fingerprint density at radius 2 is 2.20 bits per heavy atom. The second kappa shape index (κ2) is 4.75. The number of carbonyl (C=O) groups excluding carboxylic acids is 1. The van der Waals surface area contributed by atoms with E-state index in [1.807, 2.05) is 31.0 Å². The Balaban J connectivity index is 2.08. The van der Waals surface area contributed by atoms with Crippen LogP contribution in [-0.2, 0) is 11.8 Å². The highest BCUT2D eigenvalue weighted by molar-refractivity contribution is 7.21. The van der Waals surface area contributed by atoms with Gasteiger partial charge in [0.2, 0.25) is 0 Å². The molecule has 0 aromatic carbocycles. The van der Waals surface area contributed by atoms with E-state index >= 15 is 0 Å². The van der Waals surface area contributed by atoms with Gasteiger partial charge in [-0.15, -0.1) is 11.3 Å². The molecule has 3 aromatic heterocycles. The lowest BCUT2D eigenvalue weighted by Crippen LogP contribution is -2.03. The molecule has 6 nitrogen and oxygen atoms in total. The predicted octanol–water partition coefficient (Wildman–Crippen LogP) is 2.28. The zero-order valence-electron chi connectivity index (χ0n) is 11.5. The molecule has 0 fully saturated rings. The van der Waals surface area contributed by atoms with E-state index in [-0.39, 0.29) is 5.97 Å². The summed E-state index contributed by atoms with van der Waals surface area (Å²) in [4.78, 5) is 13.7. The van der Waals surface area contributed by atoms with Crippen LogP contribution in [0.2, 0.25) is 0 Å². The molecule has 20 heavy (non-hydrogen) atoms. The maximum absolute atomic E-state index is 11.9. The number of fused-ring (bicyclic) bond motifs is 1. The average Bonchev–Trinajstić information content (AvgIpc) is 3.05. The predicted molar refractivity (Wildman–Crippen MR) is 76.0 cm³/mol. The van der Waals surface area contributed by atoms with Crippen molar-refractivity contribution in [3.63, 3.8) is 0 Å². The van der Waals surface area contributed by atoms with Gasteiger partial charge in [-0.25, -0.2) is 9.31 Å². The van der Waals surface area contributed by atoms with Crippen LogP contribution in [0.3, 0.4) is 0 Å². The number of rotatable bonds is 3. The van der Waals surface area contributed by atoms with Crippen LogP contribution in [0.25, 0.3) is 15.3 Å². The summed E-state index contributed by atoms with van der Waals surface area (Å²) in [7, 11) is 1.90. The van der Waals surface area contributed by atoms with Gasteiger partial charge >= 0.3 is 5.97 Å².